The minimum Gasteiger partial charge on any atom is -0.383 e. The number of nitrogens with zero attached hydrogens (tertiary/aromatic N) is 1. The molecule has 2 aromatic carbocycles. The third kappa shape index (κ3) is 2.46. The van der Waals surface area contributed by atoms with Crippen LogP contribution in [0.2, 0.25) is 5.02 Å². The number of anilines is 2. The molecule has 0 saturated carbocycles. The number of nitrogens with one attached hydrogen (secondary N) is 1. The number of fused-ring (bicyclic) bond motifs is 1. The molecule has 0 fully saturated rings. The van der Waals surface area contributed by atoms with Crippen molar-refractivity contribution in [2.24, 2.45) is 0 Å². The smallest absolute Gasteiger partial charge is 0.266 e. The summed E-state index contributed by atoms with van der Waals surface area (Å²) in [6, 6.07) is 12.4. The van der Waals surface area contributed by atoms with Gasteiger partial charge in [-0.3, -0.25) is 9.59 Å². The number of halogens is 1. The van der Waals surface area contributed by atoms with E-state index in [4.69, 9.17) is 11.6 Å². The molecule has 2 aromatic rings. The van der Waals surface area contributed by atoms with Gasteiger partial charge in [0.05, 0.1) is 22.0 Å². The van der Waals surface area contributed by atoms with Gasteiger partial charge in [0, 0.05) is 13.5 Å². The van der Waals surface area contributed by atoms with E-state index in [-0.39, 0.29) is 5.91 Å². The van der Waals surface area contributed by atoms with Gasteiger partial charge in [0.1, 0.15) is 0 Å². The van der Waals surface area contributed by atoms with Crippen LogP contribution in [0.25, 0.3) is 0 Å². The molecule has 0 saturated heterocycles. The van der Waals surface area contributed by atoms with Crippen LogP contribution in [0, 0.1) is 0 Å². The van der Waals surface area contributed by atoms with Gasteiger partial charge in [-0.1, -0.05) is 35.9 Å². The molecule has 112 valence electrons. The van der Waals surface area contributed by atoms with E-state index in [1.54, 1.807) is 30.3 Å². The highest BCUT2D eigenvalue weighted by Crippen LogP contribution is 2.34. The number of carbonyl (C=O) groups excluding carboxylic acids is 2. The van der Waals surface area contributed by atoms with E-state index in [9.17, 15) is 9.59 Å². The Kier molecular flexibility index (Phi) is 3.86. The lowest BCUT2D eigenvalue weighted by molar-refractivity contribution is -0.115. The molecule has 1 heterocycles. The fraction of sp³-hybridized carbons (Fsp3) is 0.176. The van der Waals surface area contributed by atoms with Gasteiger partial charge in [-0.25, -0.2) is 4.90 Å². The third-order valence-electron chi connectivity index (χ3n) is 3.69. The van der Waals surface area contributed by atoms with Crippen LogP contribution in [0.1, 0.15) is 22.8 Å². The van der Waals surface area contributed by atoms with Gasteiger partial charge in [0.2, 0.25) is 5.91 Å². The number of rotatable bonds is 2. The van der Waals surface area contributed by atoms with Crippen LogP contribution < -0.4 is 10.2 Å². The summed E-state index contributed by atoms with van der Waals surface area (Å²) in [6.07, 6.45) is 0.884. The van der Waals surface area contributed by atoms with Crippen molar-refractivity contribution in [3.05, 3.63) is 58.6 Å². The third-order valence-corrected chi connectivity index (χ3v) is 4.02. The number of hydrogen-bond donors (Lipinski definition) is 1. The van der Waals surface area contributed by atoms with Crippen molar-refractivity contribution in [2.45, 2.75) is 13.3 Å². The first-order valence-electron chi connectivity index (χ1n) is 7.05. The molecule has 0 bridgehead atoms. The monoisotopic (exact) mass is 314 g/mol. The second-order valence-corrected chi connectivity index (χ2v) is 5.53. The van der Waals surface area contributed by atoms with Crippen LogP contribution in [0.3, 0.4) is 0 Å². The molecule has 0 radical (unpaired) electrons. The van der Waals surface area contributed by atoms with E-state index in [0.717, 1.165) is 24.2 Å². The predicted molar refractivity (Wildman–Crippen MR) is 87.6 cm³/mol. The SMILES string of the molecule is CC(=O)N(C(=O)c1ccccc1Cl)c1cccc2c1NCC2. The van der Waals surface area contributed by atoms with E-state index in [1.165, 1.54) is 11.8 Å². The van der Waals surface area contributed by atoms with Crippen LogP contribution in [0.15, 0.2) is 42.5 Å². The highest BCUT2D eigenvalue weighted by molar-refractivity contribution is 6.36. The van der Waals surface area contributed by atoms with Crippen LogP contribution >= 0.6 is 11.6 Å². The van der Waals surface area contributed by atoms with Gasteiger partial charge >= 0.3 is 0 Å². The van der Waals surface area contributed by atoms with Gasteiger partial charge in [-0.15, -0.1) is 0 Å². The molecule has 0 aliphatic carbocycles. The van der Waals surface area contributed by atoms with Crippen LogP contribution in [-0.4, -0.2) is 18.4 Å². The van der Waals surface area contributed by atoms with Gasteiger partial charge in [-0.2, -0.15) is 0 Å². The summed E-state index contributed by atoms with van der Waals surface area (Å²) in [5, 5.41) is 3.58. The Hall–Kier alpha value is -2.33. The number of hydrogen-bond acceptors (Lipinski definition) is 3. The van der Waals surface area contributed by atoms with E-state index < -0.39 is 5.91 Å². The molecule has 0 atom stereocenters. The Labute approximate surface area is 133 Å². The van der Waals surface area contributed by atoms with Crippen molar-refractivity contribution in [3.63, 3.8) is 0 Å². The van der Waals surface area contributed by atoms with Gasteiger partial charge in [-0.05, 0) is 30.2 Å². The van der Waals surface area contributed by atoms with Crippen molar-refractivity contribution < 1.29 is 9.59 Å². The number of amides is 2. The molecule has 2 amide bonds. The molecule has 3 rings (SSSR count). The van der Waals surface area contributed by atoms with Crippen molar-refractivity contribution >= 4 is 34.8 Å². The van der Waals surface area contributed by atoms with Crippen molar-refractivity contribution in [1.29, 1.82) is 0 Å². The fourth-order valence-corrected chi connectivity index (χ4v) is 2.90. The molecule has 1 N–H and O–H groups in total. The first kappa shape index (κ1) is 14.6. The van der Waals surface area contributed by atoms with Crippen LogP contribution in [0.5, 0.6) is 0 Å². The second kappa shape index (κ2) is 5.81. The molecule has 0 spiro atoms. The number of para-hydroxylation sites is 1. The van der Waals surface area contributed by atoms with Crippen LogP contribution in [-0.2, 0) is 11.2 Å². The standard InChI is InChI=1S/C17H15ClN2O2/c1-11(21)20(17(22)13-6-2-3-7-14(13)18)15-8-4-5-12-9-10-19-16(12)15/h2-8,19H,9-10H2,1H3. The maximum Gasteiger partial charge on any atom is 0.266 e. The lowest BCUT2D eigenvalue weighted by Gasteiger charge is -2.22. The Morgan fingerprint density at radius 3 is 2.64 bits per heavy atom. The first-order valence-corrected chi connectivity index (χ1v) is 7.42. The quantitative estimate of drug-likeness (QED) is 0.923. The van der Waals surface area contributed by atoms with Crippen molar-refractivity contribution in [2.75, 3.05) is 16.8 Å². The van der Waals surface area contributed by atoms with Crippen LogP contribution in [0.4, 0.5) is 11.4 Å². The Balaban J connectivity index is 2.09. The zero-order chi connectivity index (χ0) is 15.7. The second-order valence-electron chi connectivity index (χ2n) is 5.13. The molecule has 22 heavy (non-hydrogen) atoms. The zero-order valence-corrected chi connectivity index (χ0v) is 12.9. The number of benzene rings is 2. The highest BCUT2D eigenvalue weighted by atomic mass is 35.5. The topological polar surface area (TPSA) is 49.4 Å². The summed E-state index contributed by atoms with van der Waals surface area (Å²) in [5.41, 5.74) is 2.84. The lowest BCUT2D eigenvalue weighted by atomic mass is 10.1. The summed E-state index contributed by atoms with van der Waals surface area (Å²) in [4.78, 5) is 26.1. The molecule has 0 aromatic heterocycles. The summed E-state index contributed by atoms with van der Waals surface area (Å²) < 4.78 is 0. The summed E-state index contributed by atoms with van der Waals surface area (Å²) in [5.74, 6) is -0.757. The summed E-state index contributed by atoms with van der Waals surface area (Å²) in [7, 11) is 0. The summed E-state index contributed by atoms with van der Waals surface area (Å²) in [6.45, 7) is 2.18. The maximum atomic E-state index is 12.8. The normalized spacial score (nSPS) is 12.5. The first-order chi connectivity index (χ1) is 10.6. The number of imide groups is 1. The fourth-order valence-electron chi connectivity index (χ4n) is 2.68. The van der Waals surface area contributed by atoms with Crippen molar-refractivity contribution in [3.8, 4) is 0 Å². The van der Waals surface area contributed by atoms with Gasteiger partial charge < -0.3 is 5.32 Å². The predicted octanol–water partition coefficient (Wildman–Crippen LogP) is 3.50. The minimum absolute atomic E-state index is 0.315. The Morgan fingerprint density at radius 1 is 1.14 bits per heavy atom. The van der Waals surface area contributed by atoms with E-state index in [0.29, 0.717) is 16.3 Å². The average molecular weight is 315 g/mol. The Morgan fingerprint density at radius 2 is 1.91 bits per heavy atom. The highest BCUT2D eigenvalue weighted by Gasteiger charge is 2.27. The zero-order valence-electron chi connectivity index (χ0n) is 12.1. The molecule has 1 aliphatic rings. The minimum atomic E-state index is -0.416. The van der Waals surface area contributed by atoms with E-state index in [1.807, 2.05) is 12.1 Å². The van der Waals surface area contributed by atoms with E-state index >= 15 is 0 Å². The summed E-state index contributed by atoms with van der Waals surface area (Å²) >= 11 is 6.10. The number of carbonyl (C=O) groups is 2. The molecular formula is C17H15ClN2O2. The van der Waals surface area contributed by atoms with Gasteiger partial charge in [0.25, 0.3) is 5.91 Å². The molecule has 5 heteroatoms. The molecule has 4 nitrogen and oxygen atoms in total. The Bertz CT molecular complexity index is 758. The van der Waals surface area contributed by atoms with Crippen molar-refractivity contribution in [1.82, 2.24) is 0 Å². The van der Waals surface area contributed by atoms with E-state index in [2.05, 4.69) is 5.32 Å². The molecule has 0 unspecified atom stereocenters. The van der Waals surface area contributed by atoms with Gasteiger partial charge in [0.15, 0.2) is 0 Å². The average Bonchev–Trinajstić information content (AvgIpc) is 2.96. The largest absolute Gasteiger partial charge is 0.383 e. The lowest BCUT2D eigenvalue weighted by Crippen LogP contribution is -2.35. The molecule has 1 aliphatic heterocycles. The molecular weight excluding hydrogens is 300 g/mol. The maximum absolute atomic E-state index is 12.8.